The molecule has 1 unspecified atom stereocenters. The minimum atomic E-state index is -1.21. The third kappa shape index (κ3) is 3.88. The van der Waals surface area contributed by atoms with Gasteiger partial charge in [-0.2, -0.15) is 0 Å². The Morgan fingerprint density at radius 3 is 2.41 bits per heavy atom. The molecule has 188 valence electrons. The standard InChI is InChI=1S/C26H39N3O5/c1-4-7-8-14-28-16-10-12-26-21(24(32)29(18(6-3)17-30)22(26)25(28)33)20-19(34-26)11-9-15-27(13-5-2)23(20)31/h9-12,18-22,30H,4-8,13-17H2,1-3H3/t18-,19-,20+,21-,22?,26-/m0/s1. The Morgan fingerprint density at radius 2 is 1.74 bits per heavy atom. The van der Waals surface area contributed by atoms with E-state index in [4.69, 9.17) is 4.74 Å². The van der Waals surface area contributed by atoms with Gasteiger partial charge in [0.15, 0.2) is 0 Å². The first kappa shape index (κ1) is 24.9. The molecule has 4 aliphatic heterocycles. The van der Waals surface area contributed by atoms with Gasteiger partial charge in [-0.1, -0.05) is 57.9 Å². The summed E-state index contributed by atoms with van der Waals surface area (Å²) in [7, 11) is 0. The summed E-state index contributed by atoms with van der Waals surface area (Å²) in [4.78, 5) is 46.8. The number of likely N-dealkylation sites (tertiary alicyclic amines) is 1. The number of carbonyl (C=O) groups excluding carboxylic acids is 3. The van der Waals surface area contributed by atoms with Gasteiger partial charge in [-0.3, -0.25) is 14.4 Å². The molecule has 4 aliphatic rings. The molecule has 3 amide bonds. The van der Waals surface area contributed by atoms with Crippen molar-refractivity contribution in [1.82, 2.24) is 14.7 Å². The van der Waals surface area contributed by atoms with E-state index in [2.05, 4.69) is 6.92 Å². The second-order valence-electron chi connectivity index (χ2n) is 9.94. The van der Waals surface area contributed by atoms with Gasteiger partial charge in [0.2, 0.25) is 17.7 Å². The number of aliphatic hydroxyl groups is 1. The molecule has 2 saturated heterocycles. The molecule has 0 aromatic heterocycles. The fraction of sp³-hybridized carbons (Fsp3) is 0.731. The predicted molar refractivity (Wildman–Crippen MR) is 128 cm³/mol. The van der Waals surface area contributed by atoms with Crippen LogP contribution in [0.3, 0.4) is 0 Å². The Kier molecular flexibility index (Phi) is 7.48. The van der Waals surface area contributed by atoms with E-state index in [1.807, 2.05) is 38.2 Å². The van der Waals surface area contributed by atoms with Crippen LogP contribution in [-0.4, -0.2) is 94.1 Å². The van der Waals surface area contributed by atoms with Gasteiger partial charge >= 0.3 is 0 Å². The molecule has 8 nitrogen and oxygen atoms in total. The van der Waals surface area contributed by atoms with E-state index in [0.29, 0.717) is 32.6 Å². The normalized spacial score (nSPS) is 33.6. The molecule has 1 N–H and O–H groups in total. The zero-order valence-corrected chi connectivity index (χ0v) is 20.7. The van der Waals surface area contributed by atoms with Crippen molar-refractivity contribution in [3.63, 3.8) is 0 Å². The van der Waals surface area contributed by atoms with Gasteiger partial charge < -0.3 is 24.5 Å². The number of nitrogens with zero attached hydrogens (tertiary/aromatic N) is 3. The van der Waals surface area contributed by atoms with E-state index in [0.717, 1.165) is 25.7 Å². The van der Waals surface area contributed by atoms with E-state index < -0.39 is 35.6 Å². The molecule has 6 atom stereocenters. The van der Waals surface area contributed by atoms with Crippen molar-refractivity contribution < 1.29 is 24.2 Å². The molecule has 34 heavy (non-hydrogen) atoms. The molecule has 0 bridgehead atoms. The largest absolute Gasteiger partial charge is 0.394 e. The maximum absolute atomic E-state index is 14.0. The van der Waals surface area contributed by atoms with Crippen LogP contribution >= 0.6 is 0 Å². The van der Waals surface area contributed by atoms with Gasteiger partial charge in [0, 0.05) is 26.2 Å². The molecular formula is C26H39N3O5. The van der Waals surface area contributed by atoms with Crippen LogP contribution in [0.4, 0.5) is 0 Å². The third-order valence-electron chi connectivity index (χ3n) is 7.86. The Hall–Kier alpha value is -2.19. The van der Waals surface area contributed by atoms with Crippen molar-refractivity contribution in [3.05, 3.63) is 24.3 Å². The Balaban J connectivity index is 1.78. The lowest BCUT2D eigenvalue weighted by Gasteiger charge is -2.38. The summed E-state index contributed by atoms with van der Waals surface area (Å²) in [6, 6.07) is -1.38. The van der Waals surface area contributed by atoms with Crippen molar-refractivity contribution >= 4 is 17.7 Å². The van der Waals surface area contributed by atoms with Gasteiger partial charge in [-0.25, -0.2) is 0 Å². The lowest BCUT2D eigenvalue weighted by molar-refractivity contribution is -0.151. The number of fused-ring (bicyclic) bond motifs is 2. The number of hydrogen-bond acceptors (Lipinski definition) is 5. The lowest BCUT2D eigenvalue weighted by atomic mass is 9.77. The number of rotatable bonds is 9. The quantitative estimate of drug-likeness (QED) is 0.407. The van der Waals surface area contributed by atoms with Crippen LogP contribution in [0.5, 0.6) is 0 Å². The van der Waals surface area contributed by atoms with Crippen molar-refractivity contribution in [2.24, 2.45) is 11.8 Å². The van der Waals surface area contributed by atoms with Crippen molar-refractivity contribution in [2.75, 3.05) is 32.8 Å². The molecule has 4 rings (SSSR count). The van der Waals surface area contributed by atoms with E-state index >= 15 is 0 Å². The molecular weight excluding hydrogens is 434 g/mol. The average molecular weight is 474 g/mol. The highest BCUT2D eigenvalue weighted by Gasteiger charge is 2.72. The molecule has 1 spiro atoms. The molecule has 0 aromatic carbocycles. The summed E-state index contributed by atoms with van der Waals surface area (Å²) in [5, 5.41) is 10.1. The van der Waals surface area contributed by atoms with E-state index in [1.165, 1.54) is 0 Å². The van der Waals surface area contributed by atoms with Crippen LogP contribution in [0, 0.1) is 11.8 Å². The third-order valence-corrected chi connectivity index (χ3v) is 7.86. The van der Waals surface area contributed by atoms with E-state index in [-0.39, 0.29) is 24.3 Å². The summed E-state index contributed by atoms with van der Waals surface area (Å²) < 4.78 is 6.61. The van der Waals surface area contributed by atoms with Gasteiger partial charge in [-0.05, 0) is 19.3 Å². The van der Waals surface area contributed by atoms with Crippen molar-refractivity contribution in [1.29, 1.82) is 0 Å². The Labute approximate surface area is 202 Å². The molecule has 0 aromatic rings. The minimum Gasteiger partial charge on any atom is -0.394 e. The number of ether oxygens (including phenoxy) is 1. The lowest BCUT2D eigenvalue weighted by Crippen LogP contribution is -2.58. The summed E-state index contributed by atoms with van der Waals surface area (Å²) in [6.07, 6.45) is 11.4. The SMILES string of the molecule is CCCCCN1CC=C[C@]23O[C@H]4C=CCN(CCC)C(=O)[C@H]4[C@H]2C(=O)N([C@@H](CC)CO)C3C1=O. The maximum Gasteiger partial charge on any atom is 0.249 e. The molecule has 4 heterocycles. The molecule has 0 radical (unpaired) electrons. The molecule has 0 saturated carbocycles. The maximum atomic E-state index is 14.0. The summed E-state index contributed by atoms with van der Waals surface area (Å²) in [6.45, 7) is 7.99. The monoisotopic (exact) mass is 473 g/mol. The van der Waals surface area contributed by atoms with Crippen LogP contribution in [0.15, 0.2) is 24.3 Å². The van der Waals surface area contributed by atoms with Crippen LogP contribution in [0.2, 0.25) is 0 Å². The average Bonchev–Trinajstić information content (AvgIpc) is 3.15. The van der Waals surface area contributed by atoms with Gasteiger partial charge in [0.1, 0.15) is 11.6 Å². The smallest absolute Gasteiger partial charge is 0.249 e. The van der Waals surface area contributed by atoms with Crippen LogP contribution < -0.4 is 0 Å². The van der Waals surface area contributed by atoms with Crippen LogP contribution in [0.25, 0.3) is 0 Å². The zero-order valence-electron chi connectivity index (χ0n) is 20.7. The number of amides is 3. The summed E-state index contributed by atoms with van der Waals surface area (Å²) in [5.74, 6) is -1.96. The Morgan fingerprint density at radius 1 is 1.00 bits per heavy atom. The van der Waals surface area contributed by atoms with Gasteiger partial charge in [0.05, 0.1) is 30.6 Å². The highest BCUT2D eigenvalue weighted by Crippen LogP contribution is 2.54. The first-order chi connectivity index (χ1) is 16.4. The minimum absolute atomic E-state index is 0.0883. The topological polar surface area (TPSA) is 90.4 Å². The van der Waals surface area contributed by atoms with E-state index in [9.17, 15) is 19.5 Å². The highest BCUT2D eigenvalue weighted by atomic mass is 16.5. The van der Waals surface area contributed by atoms with Gasteiger partial charge in [-0.15, -0.1) is 0 Å². The first-order valence-corrected chi connectivity index (χ1v) is 13.0. The number of hydrogen-bond donors (Lipinski definition) is 1. The molecule has 2 fully saturated rings. The van der Waals surface area contributed by atoms with Crippen molar-refractivity contribution in [2.45, 2.75) is 76.7 Å². The fourth-order valence-corrected chi connectivity index (χ4v) is 6.21. The molecule has 0 aliphatic carbocycles. The van der Waals surface area contributed by atoms with Crippen molar-refractivity contribution in [3.8, 4) is 0 Å². The number of unbranched alkanes of at least 4 members (excludes halogenated alkanes) is 2. The fourth-order valence-electron chi connectivity index (χ4n) is 6.21. The first-order valence-electron chi connectivity index (χ1n) is 13.0. The van der Waals surface area contributed by atoms with Crippen LogP contribution in [-0.2, 0) is 19.1 Å². The second kappa shape index (κ2) is 10.2. The highest BCUT2D eigenvalue weighted by molar-refractivity contribution is 6.00. The van der Waals surface area contributed by atoms with Gasteiger partial charge in [0.25, 0.3) is 0 Å². The number of aliphatic hydroxyl groups excluding tert-OH is 1. The zero-order chi connectivity index (χ0) is 24.5. The van der Waals surface area contributed by atoms with Crippen LogP contribution in [0.1, 0.15) is 52.9 Å². The predicted octanol–water partition coefficient (Wildman–Crippen LogP) is 1.74. The number of carbonyl (C=O) groups is 3. The summed E-state index contributed by atoms with van der Waals surface area (Å²) >= 11 is 0. The van der Waals surface area contributed by atoms with E-state index in [1.54, 1.807) is 14.7 Å². The second-order valence-corrected chi connectivity index (χ2v) is 9.94. The summed E-state index contributed by atoms with van der Waals surface area (Å²) in [5.41, 5.74) is -1.21. The Bertz CT molecular complexity index is 853. The molecule has 8 heteroatoms.